The standard InChI is InChI=1S/C25H19ClFN5O/c26-21-13-31-24-10-22(27)17(9-20(21)24)11-32-25(33)15-3-4-29-19(8-15)6-14-1-2-23-16(5-14)7-18(28)12-30-23/h1-5,7-10,12-13,31H,6,11,28H2,(H,32,33). The lowest BCUT2D eigenvalue weighted by molar-refractivity contribution is 0.0950. The van der Waals surface area contributed by atoms with E-state index >= 15 is 0 Å². The minimum Gasteiger partial charge on any atom is -0.397 e. The van der Waals surface area contributed by atoms with Crippen LogP contribution in [0.5, 0.6) is 0 Å². The van der Waals surface area contributed by atoms with Gasteiger partial charge in [-0.05, 0) is 48.0 Å². The Morgan fingerprint density at radius 2 is 2.00 bits per heavy atom. The summed E-state index contributed by atoms with van der Waals surface area (Å²) in [5.41, 5.74) is 10.5. The Kier molecular flexibility index (Phi) is 5.40. The first-order valence-corrected chi connectivity index (χ1v) is 10.7. The Morgan fingerprint density at radius 1 is 1.12 bits per heavy atom. The number of carbonyl (C=O) groups is 1. The molecule has 0 fully saturated rings. The molecule has 0 aliphatic rings. The maximum Gasteiger partial charge on any atom is 0.251 e. The number of pyridine rings is 2. The van der Waals surface area contributed by atoms with Gasteiger partial charge in [0.1, 0.15) is 5.82 Å². The average molecular weight is 460 g/mol. The number of H-pyrrole nitrogens is 1. The smallest absolute Gasteiger partial charge is 0.251 e. The predicted molar refractivity (Wildman–Crippen MR) is 128 cm³/mol. The molecule has 33 heavy (non-hydrogen) atoms. The van der Waals surface area contributed by atoms with E-state index in [4.69, 9.17) is 17.3 Å². The highest BCUT2D eigenvalue weighted by Crippen LogP contribution is 2.26. The molecule has 0 atom stereocenters. The van der Waals surface area contributed by atoms with Gasteiger partial charge >= 0.3 is 0 Å². The molecule has 3 heterocycles. The average Bonchev–Trinajstić information content (AvgIpc) is 3.16. The molecule has 0 spiro atoms. The molecule has 0 saturated carbocycles. The maximum absolute atomic E-state index is 14.4. The largest absolute Gasteiger partial charge is 0.397 e. The number of nitrogen functional groups attached to an aromatic ring is 1. The number of hydrogen-bond acceptors (Lipinski definition) is 4. The van der Waals surface area contributed by atoms with Crippen LogP contribution in [0.3, 0.4) is 0 Å². The Bertz CT molecular complexity index is 1510. The summed E-state index contributed by atoms with van der Waals surface area (Å²) in [5.74, 6) is -0.725. The molecule has 0 aliphatic carbocycles. The van der Waals surface area contributed by atoms with Crippen LogP contribution in [0.25, 0.3) is 21.8 Å². The van der Waals surface area contributed by atoms with Crippen LogP contribution in [0.1, 0.15) is 27.2 Å². The van der Waals surface area contributed by atoms with E-state index in [1.165, 1.54) is 6.07 Å². The molecule has 4 N–H and O–H groups in total. The second-order valence-corrected chi connectivity index (χ2v) is 8.22. The molecule has 1 amide bonds. The van der Waals surface area contributed by atoms with E-state index in [0.717, 1.165) is 22.2 Å². The minimum absolute atomic E-state index is 0.0405. The zero-order chi connectivity index (χ0) is 22.9. The van der Waals surface area contributed by atoms with Crippen molar-refractivity contribution < 1.29 is 9.18 Å². The van der Waals surface area contributed by atoms with Crippen molar-refractivity contribution in [2.24, 2.45) is 0 Å². The van der Waals surface area contributed by atoms with Gasteiger partial charge in [-0.25, -0.2) is 4.39 Å². The number of hydrogen-bond donors (Lipinski definition) is 3. The zero-order valence-corrected chi connectivity index (χ0v) is 18.2. The third-order valence-corrected chi connectivity index (χ3v) is 5.78. The fraction of sp³-hybridized carbons (Fsp3) is 0.0800. The molecule has 3 aromatic heterocycles. The topological polar surface area (TPSA) is 96.7 Å². The Morgan fingerprint density at radius 3 is 2.88 bits per heavy atom. The quantitative estimate of drug-likeness (QED) is 0.344. The van der Waals surface area contributed by atoms with E-state index in [0.29, 0.717) is 39.2 Å². The van der Waals surface area contributed by atoms with Crippen LogP contribution in [0, 0.1) is 5.82 Å². The highest BCUT2D eigenvalue weighted by molar-refractivity contribution is 6.35. The molecular formula is C25H19ClFN5O. The van der Waals surface area contributed by atoms with E-state index in [-0.39, 0.29) is 12.5 Å². The number of aromatic amines is 1. The first kappa shape index (κ1) is 20.9. The number of nitrogens with one attached hydrogen (secondary N) is 2. The molecule has 0 aliphatic heterocycles. The highest BCUT2D eigenvalue weighted by atomic mass is 35.5. The Labute approximate surface area is 193 Å². The van der Waals surface area contributed by atoms with Gasteiger partial charge < -0.3 is 16.0 Å². The third kappa shape index (κ3) is 4.36. The SMILES string of the molecule is Nc1cnc2ccc(Cc3cc(C(=O)NCc4cc5c(Cl)c[nH]c5cc4F)ccn3)cc2c1. The van der Waals surface area contributed by atoms with E-state index in [1.54, 1.807) is 36.8 Å². The number of nitrogens with two attached hydrogens (primary N) is 1. The van der Waals surface area contributed by atoms with Crippen molar-refractivity contribution >= 4 is 45.0 Å². The monoisotopic (exact) mass is 459 g/mol. The first-order valence-electron chi connectivity index (χ1n) is 10.3. The van der Waals surface area contributed by atoms with Crippen LogP contribution in [-0.4, -0.2) is 20.9 Å². The van der Waals surface area contributed by atoms with Crippen LogP contribution in [0.4, 0.5) is 10.1 Å². The molecule has 5 rings (SSSR count). The van der Waals surface area contributed by atoms with Gasteiger partial charge in [0.15, 0.2) is 0 Å². The van der Waals surface area contributed by atoms with Crippen molar-refractivity contribution in [3.05, 3.63) is 100 Å². The van der Waals surface area contributed by atoms with Gasteiger partial charge in [-0.2, -0.15) is 0 Å². The fourth-order valence-electron chi connectivity index (χ4n) is 3.80. The second-order valence-electron chi connectivity index (χ2n) is 7.82. The summed E-state index contributed by atoms with van der Waals surface area (Å²) in [7, 11) is 0. The number of benzene rings is 2. The van der Waals surface area contributed by atoms with Gasteiger partial charge in [0.2, 0.25) is 0 Å². The van der Waals surface area contributed by atoms with Crippen LogP contribution >= 0.6 is 11.6 Å². The van der Waals surface area contributed by atoms with E-state index in [9.17, 15) is 9.18 Å². The number of nitrogens with zero attached hydrogens (tertiary/aromatic N) is 2. The van der Waals surface area contributed by atoms with Crippen LogP contribution in [0.15, 0.2) is 67.1 Å². The van der Waals surface area contributed by atoms with Crippen molar-refractivity contribution in [3.8, 4) is 0 Å². The van der Waals surface area contributed by atoms with Crippen molar-refractivity contribution in [1.82, 2.24) is 20.3 Å². The molecule has 164 valence electrons. The highest BCUT2D eigenvalue weighted by Gasteiger charge is 2.12. The normalized spacial score (nSPS) is 11.2. The number of halogens is 2. The van der Waals surface area contributed by atoms with Crippen molar-refractivity contribution in [3.63, 3.8) is 0 Å². The molecule has 5 aromatic rings. The summed E-state index contributed by atoms with van der Waals surface area (Å²) in [5, 5.41) is 4.93. The summed E-state index contributed by atoms with van der Waals surface area (Å²) >= 11 is 6.12. The molecular weight excluding hydrogens is 441 g/mol. The molecule has 0 bridgehead atoms. The lowest BCUT2D eigenvalue weighted by atomic mass is 10.0. The zero-order valence-electron chi connectivity index (χ0n) is 17.4. The summed E-state index contributed by atoms with van der Waals surface area (Å²) in [6.45, 7) is 0.0405. The number of aromatic nitrogens is 3. The summed E-state index contributed by atoms with van der Waals surface area (Å²) in [6.07, 6.45) is 5.37. The van der Waals surface area contributed by atoms with Gasteiger partial charge in [0, 0.05) is 58.5 Å². The Hall–Kier alpha value is -3.97. The van der Waals surface area contributed by atoms with Gasteiger partial charge in [0.05, 0.1) is 22.4 Å². The van der Waals surface area contributed by atoms with Crippen molar-refractivity contribution in [2.75, 3.05) is 5.73 Å². The fourth-order valence-corrected chi connectivity index (χ4v) is 4.01. The van der Waals surface area contributed by atoms with Gasteiger partial charge in [-0.3, -0.25) is 14.8 Å². The van der Waals surface area contributed by atoms with Gasteiger partial charge in [0.25, 0.3) is 5.91 Å². The van der Waals surface area contributed by atoms with Crippen LogP contribution in [-0.2, 0) is 13.0 Å². The second kappa shape index (κ2) is 8.52. The number of amides is 1. The number of anilines is 1. The minimum atomic E-state index is -0.414. The molecule has 8 heteroatoms. The summed E-state index contributed by atoms with van der Waals surface area (Å²) < 4.78 is 14.4. The molecule has 0 saturated heterocycles. The van der Waals surface area contributed by atoms with Gasteiger partial charge in [-0.15, -0.1) is 0 Å². The molecule has 6 nitrogen and oxygen atoms in total. The first-order chi connectivity index (χ1) is 16.0. The van der Waals surface area contributed by atoms with E-state index in [2.05, 4.69) is 20.3 Å². The number of fused-ring (bicyclic) bond motifs is 2. The van der Waals surface area contributed by atoms with E-state index in [1.807, 2.05) is 24.3 Å². The number of rotatable bonds is 5. The van der Waals surface area contributed by atoms with Gasteiger partial charge in [-0.1, -0.05) is 17.7 Å². The number of carbonyl (C=O) groups excluding carboxylic acids is 1. The predicted octanol–water partition coefficient (Wildman–Crippen LogP) is 5.01. The lowest BCUT2D eigenvalue weighted by Crippen LogP contribution is -2.23. The van der Waals surface area contributed by atoms with Crippen molar-refractivity contribution in [1.29, 1.82) is 0 Å². The Balaban J connectivity index is 1.31. The molecule has 0 radical (unpaired) electrons. The summed E-state index contributed by atoms with van der Waals surface area (Å²) in [4.78, 5) is 24.3. The molecule has 0 unspecified atom stereocenters. The molecule has 2 aromatic carbocycles. The third-order valence-electron chi connectivity index (χ3n) is 5.47. The van der Waals surface area contributed by atoms with Crippen LogP contribution in [0.2, 0.25) is 5.02 Å². The van der Waals surface area contributed by atoms with E-state index < -0.39 is 5.82 Å². The van der Waals surface area contributed by atoms with Crippen LogP contribution < -0.4 is 11.1 Å². The maximum atomic E-state index is 14.4. The van der Waals surface area contributed by atoms with Crippen molar-refractivity contribution in [2.45, 2.75) is 13.0 Å². The summed E-state index contributed by atoms with van der Waals surface area (Å²) in [6, 6.07) is 14.2. The lowest BCUT2D eigenvalue weighted by Gasteiger charge is -2.09.